The normalized spacial score (nSPS) is 18.9. The number of ether oxygens (including phenoxy) is 3. The molecule has 7 unspecified atom stereocenters. The number of unbranched alkanes of at least 4 members (excludes halogenated alkanes) is 30. The van der Waals surface area contributed by atoms with Gasteiger partial charge in [0, 0.05) is 12.8 Å². The van der Waals surface area contributed by atoms with Crippen molar-refractivity contribution in [3.8, 4) is 0 Å². The van der Waals surface area contributed by atoms with Gasteiger partial charge in [-0.1, -0.05) is 234 Å². The second kappa shape index (κ2) is 57.6. The van der Waals surface area contributed by atoms with Gasteiger partial charge in [-0.25, -0.2) is 0 Å². The molecule has 1 heterocycles. The van der Waals surface area contributed by atoms with Gasteiger partial charge in [0.25, 0.3) is 0 Å². The van der Waals surface area contributed by atoms with Crippen molar-refractivity contribution in [2.45, 2.75) is 320 Å². The van der Waals surface area contributed by atoms with Gasteiger partial charge in [-0.3, -0.25) is 9.59 Å². The Hall–Kier alpha value is -3.16. The predicted octanol–water partition coefficient (Wildman–Crippen LogP) is 16.1. The number of nitrogens with one attached hydrogen (secondary N) is 1. The van der Waals surface area contributed by atoms with Crippen LogP contribution in [0.5, 0.6) is 0 Å². The van der Waals surface area contributed by atoms with Crippen LogP contribution < -0.4 is 5.32 Å². The maximum Gasteiger partial charge on any atom is 0.305 e. The molecule has 1 saturated heterocycles. The number of rotatable bonds is 56. The largest absolute Gasteiger partial charge is 0.466 e. The van der Waals surface area contributed by atoms with Crippen LogP contribution >= 0.6 is 0 Å². The van der Waals surface area contributed by atoms with E-state index < -0.39 is 49.5 Å². The summed E-state index contributed by atoms with van der Waals surface area (Å²) in [6.45, 7) is 4.23. The molecule has 0 bridgehead atoms. The minimum Gasteiger partial charge on any atom is -0.466 e. The summed E-state index contributed by atoms with van der Waals surface area (Å²) in [5.41, 5.74) is 0. The van der Waals surface area contributed by atoms with Crippen LogP contribution in [-0.4, -0.2) is 100 Å². The maximum atomic E-state index is 13.0. The lowest BCUT2D eigenvalue weighted by Crippen LogP contribution is -2.60. The molecular formula is C69H121NO10. The Balaban J connectivity index is 2.05. The monoisotopic (exact) mass is 1120 g/mol. The first kappa shape index (κ1) is 74.9. The van der Waals surface area contributed by atoms with Gasteiger partial charge in [0.05, 0.1) is 32.0 Å². The highest BCUT2D eigenvalue weighted by atomic mass is 16.7. The minimum atomic E-state index is -1.58. The molecule has 11 nitrogen and oxygen atoms in total. The van der Waals surface area contributed by atoms with Crippen molar-refractivity contribution in [3.05, 3.63) is 85.1 Å². The zero-order valence-electron chi connectivity index (χ0n) is 51.0. The summed E-state index contributed by atoms with van der Waals surface area (Å²) in [4.78, 5) is 25.1. The molecule has 1 amide bonds. The van der Waals surface area contributed by atoms with E-state index in [1.54, 1.807) is 6.08 Å². The second-order valence-corrected chi connectivity index (χ2v) is 22.4. The fourth-order valence-corrected chi connectivity index (χ4v) is 9.69. The highest BCUT2D eigenvalue weighted by Gasteiger charge is 2.44. The summed E-state index contributed by atoms with van der Waals surface area (Å²) in [5.74, 6) is -0.222. The first-order valence-electron chi connectivity index (χ1n) is 32.9. The van der Waals surface area contributed by atoms with Crippen LogP contribution in [0.15, 0.2) is 85.1 Å². The molecule has 1 rings (SSSR count). The van der Waals surface area contributed by atoms with Gasteiger partial charge in [-0.2, -0.15) is 0 Å². The molecule has 11 heteroatoms. The van der Waals surface area contributed by atoms with Crippen molar-refractivity contribution in [1.82, 2.24) is 5.32 Å². The van der Waals surface area contributed by atoms with Crippen LogP contribution in [0.1, 0.15) is 277 Å². The molecule has 0 spiro atoms. The number of allylic oxidation sites excluding steroid dienone is 13. The van der Waals surface area contributed by atoms with Crippen molar-refractivity contribution in [3.63, 3.8) is 0 Å². The SMILES string of the molecule is CCCC/C=C\C/C=C\CCCCCCCC(=O)OCCCCCCCCCCC/C=C\C/C=C\CCCCCCCCCCCC(=O)NC(COC1OC(CO)C(O)C(O)C1O)C(O)/C=C/CC/C=C/CC/C=C/CCCCC. The molecule has 0 saturated carbocycles. The van der Waals surface area contributed by atoms with Gasteiger partial charge < -0.3 is 45.1 Å². The number of esters is 1. The Morgan fingerprint density at radius 1 is 0.463 bits per heavy atom. The fraction of sp³-hybridized carbons (Fsp3) is 0.768. The summed E-state index contributed by atoms with van der Waals surface area (Å²) in [6, 6.07) is -0.841. The van der Waals surface area contributed by atoms with E-state index in [9.17, 15) is 35.1 Å². The molecule has 7 atom stereocenters. The van der Waals surface area contributed by atoms with E-state index in [2.05, 4.69) is 92.1 Å². The van der Waals surface area contributed by atoms with E-state index in [1.807, 2.05) is 6.08 Å². The summed E-state index contributed by atoms with van der Waals surface area (Å²) >= 11 is 0. The number of hydrogen-bond donors (Lipinski definition) is 6. The molecule has 0 radical (unpaired) electrons. The first-order valence-corrected chi connectivity index (χ1v) is 32.9. The van der Waals surface area contributed by atoms with E-state index in [4.69, 9.17) is 14.2 Å². The summed E-state index contributed by atoms with van der Waals surface area (Å²) in [6.07, 6.45) is 68.3. The predicted molar refractivity (Wildman–Crippen MR) is 333 cm³/mol. The first-order chi connectivity index (χ1) is 39.2. The van der Waals surface area contributed by atoms with Crippen molar-refractivity contribution >= 4 is 11.9 Å². The Bertz CT molecular complexity index is 1600. The molecule has 1 aliphatic rings. The van der Waals surface area contributed by atoms with Crippen molar-refractivity contribution < 1.29 is 49.3 Å². The summed E-state index contributed by atoms with van der Waals surface area (Å²) in [5, 5.41) is 54.4. The third-order valence-electron chi connectivity index (χ3n) is 14.9. The van der Waals surface area contributed by atoms with E-state index in [-0.39, 0.29) is 18.5 Å². The zero-order chi connectivity index (χ0) is 58.0. The molecular weight excluding hydrogens is 1000 g/mol. The van der Waals surface area contributed by atoms with Crippen LogP contribution in [0.4, 0.5) is 0 Å². The van der Waals surface area contributed by atoms with Gasteiger partial charge in [0.2, 0.25) is 5.91 Å². The van der Waals surface area contributed by atoms with Crippen LogP contribution in [0, 0.1) is 0 Å². The van der Waals surface area contributed by atoms with Gasteiger partial charge in [0.1, 0.15) is 24.4 Å². The van der Waals surface area contributed by atoms with E-state index in [1.165, 1.54) is 141 Å². The summed E-state index contributed by atoms with van der Waals surface area (Å²) < 4.78 is 16.7. The quantitative estimate of drug-likeness (QED) is 0.0195. The molecule has 0 aromatic rings. The lowest BCUT2D eigenvalue weighted by atomic mass is 9.99. The Kier molecular flexibility index (Phi) is 53.9. The van der Waals surface area contributed by atoms with Crippen molar-refractivity contribution in [1.29, 1.82) is 0 Å². The Morgan fingerprint density at radius 2 is 0.863 bits per heavy atom. The van der Waals surface area contributed by atoms with E-state index >= 15 is 0 Å². The summed E-state index contributed by atoms with van der Waals surface area (Å²) in [7, 11) is 0. The van der Waals surface area contributed by atoms with Crippen molar-refractivity contribution in [2.75, 3.05) is 19.8 Å². The van der Waals surface area contributed by atoms with Crippen LogP contribution in [0.25, 0.3) is 0 Å². The third kappa shape index (κ3) is 46.3. The Labute approximate surface area is 489 Å². The lowest BCUT2D eigenvalue weighted by molar-refractivity contribution is -0.302. The van der Waals surface area contributed by atoms with Gasteiger partial charge in [-0.05, 0) is 116 Å². The zero-order valence-corrected chi connectivity index (χ0v) is 51.0. The average molecular weight is 1120 g/mol. The van der Waals surface area contributed by atoms with Gasteiger partial charge >= 0.3 is 5.97 Å². The molecule has 0 aromatic heterocycles. The number of aliphatic hydroxyl groups excluding tert-OH is 5. The molecule has 1 fully saturated rings. The molecule has 0 aromatic carbocycles. The topological polar surface area (TPSA) is 175 Å². The third-order valence-corrected chi connectivity index (χ3v) is 14.9. The molecule has 80 heavy (non-hydrogen) atoms. The lowest BCUT2D eigenvalue weighted by Gasteiger charge is -2.40. The highest BCUT2D eigenvalue weighted by Crippen LogP contribution is 2.23. The highest BCUT2D eigenvalue weighted by molar-refractivity contribution is 5.76. The van der Waals surface area contributed by atoms with Crippen LogP contribution in [-0.2, 0) is 23.8 Å². The molecule has 6 N–H and O–H groups in total. The number of carbonyl (C=O) groups is 2. The van der Waals surface area contributed by atoms with Gasteiger partial charge in [0.15, 0.2) is 6.29 Å². The van der Waals surface area contributed by atoms with Crippen molar-refractivity contribution in [2.24, 2.45) is 0 Å². The van der Waals surface area contributed by atoms with Gasteiger partial charge in [-0.15, -0.1) is 0 Å². The average Bonchev–Trinajstić information content (AvgIpc) is 3.47. The van der Waals surface area contributed by atoms with Crippen LogP contribution in [0.2, 0.25) is 0 Å². The van der Waals surface area contributed by atoms with Crippen LogP contribution in [0.3, 0.4) is 0 Å². The number of hydrogen-bond acceptors (Lipinski definition) is 10. The number of aliphatic hydroxyl groups is 5. The number of carbonyl (C=O) groups excluding carboxylic acids is 2. The standard InChI is InChI=1S/C69H121NO10/c1-3-5-7-9-11-13-15-17-33-37-41-45-49-53-57-65(74)78-58-54-50-46-42-38-34-30-28-26-24-22-20-18-19-21-23-25-27-29-32-36-40-44-48-52-56-64(73)70-61(60-79-69-68(77)67(76)66(75)63(59-71)80-69)62(72)55-51-47-43-39-35-31-16-14-12-10-8-6-4-2/h9,11-12,14-15,17,19-22,35,39,51,55,61-63,66-69,71-72,75-77H,3-8,10,13,16,18,23-34,36-38,40-50,52-54,56-60H2,1-2H3,(H,70,73)/b11-9-,14-12+,17-15-,21-19-,22-20-,39-35+,55-51+. The maximum absolute atomic E-state index is 13.0. The number of amides is 1. The smallest absolute Gasteiger partial charge is 0.305 e. The molecule has 1 aliphatic heterocycles. The van der Waals surface area contributed by atoms with E-state index in [0.717, 1.165) is 109 Å². The fourth-order valence-electron chi connectivity index (χ4n) is 9.69. The minimum absolute atomic E-state index is 0.0179. The molecule has 0 aliphatic carbocycles. The Morgan fingerprint density at radius 3 is 1.35 bits per heavy atom. The van der Waals surface area contributed by atoms with E-state index in [0.29, 0.717) is 19.4 Å². The second-order valence-electron chi connectivity index (χ2n) is 22.4. The molecule has 462 valence electrons.